The maximum Gasteiger partial charge on any atom is 0.376 e. The Balaban J connectivity index is 3.47. The van der Waals surface area contributed by atoms with Crippen molar-refractivity contribution >= 4 is 5.82 Å². The van der Waals surface area contributed by atoms with Gasteiger partial charge in [-0.25, -0.2) is 8.78 Å². The summed E-state index contributed by atoms with van der Waals surface area (Å²) in [7, 11) is 0. The molecule has 5 nitrogen and oxygen atoms in total. The molecule has 1 aromatic rings. The fourth-order valence-corrected chi connectivity index (χ4v) is 1.10. The van der Waals surface area contributed by atoms with Gasteiger partial charge < -0.3 is 15.8 Å². The van der Waals surface area contributed by atoms with Gasteiger partial charge in [0.15, 0.2) is 0 Å². The molecule has 0 atom stereocenters. The van der Waals surface area contributed by atoms with Crippen molar-refractivity contribution in [1.29, 1.82) is 0 Å². The third kappa shape index (κ3) is 2.21. The Morgan fingerprint density at radius 2 is 2.20 bits per heavy atom. The molecule has 0 fully saturated rings. The molecule has 15 heavy (non-hydrogen) atoms. The molecule has 1 rings (SSSR count). The number of nitrogens with zero attached hydrogens (tertiary/aromatic N) is 2. The van der Waals surface area contributed by atoms with Crippen LogP contribution in [0.2, 0.25) is 0 Å². The van der Waals surface area contributed by atoms with Crippen LogP contribution in [-0.4, -0.2) is 9.91 Å². The summed E-state index contributed by atoms with van der Waals surface area (Å²) in [6, 6.07) is 0.661. The Kier molecular flexibility index (Phi) is 3.20. The minimum atomic E-state index is -3.11. The smallest absolute Gasteiger partial charge is 0.358 e. The quantitative estimate of drug-likeness (QED) is 0.476. The molecule has 0 aliphatic rings. The van der Waals surface area contributed by atoms with Gasteiger partial charge in [-0.2, -0.15) is 4.39 Å². The van der Waals surface area contributed by atoms with E-state index in [1.54, 1.807) is 0 Å². The summed E-state index contributed by atoms with van der Waals surface area (Å²) in [5.41, 5.74) is 3.83. The van der Waals surface area contributed by atoms with Crippen LogP contribution in [0.25, 0.3) is 0 Å². The first-order chi connectivity index (χ1) is 6.97. The largest absolute Gasteiger partial charge is 0.376 e. The highest BCUT2D eigenvalue weighted by molar-refractivity contribution is 5.40. The van der Waals surface area contributed by atoms with E-state index in [-0.39, 0.29) is 5.56 Å². The third-order valence-electron chi connectivity index (χ3n) is 1.70. The molecular formula is C7H6F3N3O2. The highest BCUT2D eigenvalue weighted by atomic mass is 19.3. The van der Waals surface area contributed by atoms with Crippen LogP contribution in [0.15, 0.2) is 6.07 Å². The molecule has 0 unspecified atom stereocenters. The van der Waals surface area contributed by atoms with E-state index in [2.05, 4.69) is 4.98 Å². The molecule has 0 spiro atoms. The number of alkyl halides is 2. The Hall–Kier alpha value is -1.70. The van der Waals surface area contributed by atoms with Crippen LogP contribution in [0.4, 0.5) is 19.0 Å². The van der Waals surface area contributed by atoms with Crippen molar-refractivity contribution in [2.24, 2.45) is 5.73 Å². The Morgan fingerprint density at radius 3 is 2.60 bits per heavy atom. The minimum absolute atomic E-state index is 0.316. The van der Waals surface area contributed by atoms with E-state index in [4.69, 9.17) is 5.73 Å². The van der Waals surface area contributed by atoms with Gasteiger partial charge in [0.05, 0.1) is 0 Å². The van der Waals surface area contributed by atoms with E-state index < -0.39 is 35.2 Å². The number of nitrogens with two attached hydrogens (primary N) is 1. The molecule has 0 aliphatic heterocycles. The zero-order chi connectivity index (χ0) is 11.6. The normalized spacial score (nSPS) is 10.7. The van der Waals surface area contributed by atoms with Gasteiger partial charge in [0.1, 0.15) is 5.56 Å². The summed E-state index contributed by atoms with van der Waals surface area (Å²) in [5.74, 6) is -2.39. The number of aromatic nitrogens is 1. The van der Waals surface area contributed by atoms with Gasteiger partial charge in [-0.3, -0.25) is 0 Å². The zero-order valence-corrected chi connectivity index (χ0v) is 7.28. The Labute approximate surface area is 81.9 Å². The fourth-order valence-electron chi connectivity index (χ4n) is 1.10. The average molecular weight is 221 g/mol. The van der Waals surface area contributed by atoms with E-state index in [9.17, 15) is 23.3 Å². The van der Waals surface area contributed by atoms with Crippen LogP contribution in [-0.2, 0) is 6.54 Å². The van der Waals surface area contributed by atoms with Crippen LogP contribution in [0, 0.1) is 16.1 Å². The number of nitro groups is 1. The van der Waals surface area contributed by atoms with Crippen LogP contribution in [0.5, 0.6) is 0 Å². The molecule has 0 bridgehead atoms. The Bertz CT molecular complexity index is 397. The predicted octanol–water partition coefficient (Wildman–Crippen LogP) is 1.53. The van der Waals surface area contributed by atoms with Crippen molar-refractivity contribution < 1.29 is 18.1 Å². The zero-order valence-electron chi connectivity index (χ0n) is 7.28. The standard InChI is InChI=1S/C7H6F3N3O2/c8-4-1-3(2-11)5(6(9)10)7(12-4)13(14)15/h1,6H,2,11H2. The van der Waals surface area contributed by atoms with E-state index >= 15 is 0 Å². The van der Waals surface area contributed by atoms with Crippen LogP contribution >= 0.6 is 0 Å². The molecule has 0 aliphatic carbocycles. The number of pyridine rings is 1. The Morgan fingerprint density at radius 1 is 1.60 bits per heavy atom. The number of rotatable bonds is 3. The van der Waals surface area contributed by atoms with Gasteiger partial charge in [0.25, 0.3) is 6.43 Å². The lowest BCUT2D eigenvalue weighted by Crippen LogP contribution is -2.09. The first-order valence-corrected chi connectivity index (χ1v) is 3.79. The third-order valence-corrected chi connectivity index (χ3v) is 1.70. The SMILES string of the molecule is NCc1cc(F)nc([N+](=O)[O-])c1C(F)F. The lowest BCUT2D eigenvalue weighted by atomic mass is 10.1. The lowest BCUT2D eigenvalue weighted by molar-refractivity contribution is -0.391. The first-order valence-electron chi connectivity index (χ1n) is 3.79. The highest BCUT2D eigenvalue weighted by Crippen LogP contribution is 2.30. The van der Waals surface area contributed by atoms with Gasteiger partial charge in [-0.05, 0) is 15.5 Å². The summed E-state index contributed by atoms with van der Waals surface area (Å²) in [5, 5.41) is 10.3. The van der Waals surface area contributed by atoms with Crippen LogP contribution < -0.4 is 5.73 Å². The molecule has 0 radical (unpaired) electrons. The summed E-state index contributed by atoms with van der Waals surface area (Å²) in [4.78, 5) is 12.0. The maximum atomic E-state index is 12.7. The number of hydrogen-bond acceptors (Lipinski definition) is 4. The van der Waals surface area contributed by atoms with Gasteiger partial charge in [0.2, 0.25) is 0 Å². The molecule has 8 heteroatoms. The first kappa shape index (κ1) is 11.4. The van der Waals surface area contributed by atoms with E-state index in [1.165, 1.54) is 0 Å². The topological polar surface area (TPSA) is 82.0 Å². The van der Waals surface area contributed by atoms with E-state index in [0.717, 1.165) is 0 Å². The van der Waals surface area contributed by atoms with Crippen molar-refractivity contribution in [2.45, 2.75) is 13.0 Å². The highest BCUT2D eigenvalue weighted by Gasteiger charge is 2.28. The number of hydrogen-bond donors (Lipinski definition) is 1. The second-order valence-electron chi connectivity index (χ2n) is 2.60. The van der Waals surface area contributed by atoms with Crippen molar-refractivity contribution in [3.05, 3.63) is 33.3 Å². The van der Waals surface area contributed by atoms with Crippen molar-refractivity contribution in [2.75, 3.05) is 0 Å². The summed E-state index contributed by atoms with van der Waals surface area (Å²) in [6.45, 7) is -0.417. The molecule has 2 N–H and O–H groups in total. The van der Waals surface area contributed by atoms with Gasteiger partial charge in [-0.1, -0.05) is 0 Å². The van der Waals surface area contributed by atoms with E-state index in [1.807, 2.05) is 0 Å². The minimum Gasteiger partial charge on any atom is -0.358 e. The summed E-state index contributed by atoms with van der Waals surface area (Å²) in [6.07, 6.45) is -3.11. The van der Waals surface area contributed by atoms with Crippen LogP contribution in [0.3, 0.4) is 0 Å². The monoisotopic (exact) mass is 221 g/mol. The van der Waals surface area contributed by atoms with Crippen LogP contribution in [0.1, 0.15) is 17.6 Å². The summed E-state index contributed by atoms with van der Waals surface area (Å²) >= 11 is 0. The predicted molar refractivity (Wildman–Crippen MR) is 43.7 cm³/mol. The lowest BCUT2D eigenvalue weighted by Gasteiger charge is -2.06. The maximum absolute atomic E-state index is 12.7. The van der Waals surface area contributed by atoms with Crippen molar-refractivity contribution in [1.82, 2.24) is 4.98 Å². The second kappa shape index (κ2) is 4.22. The van der Waals surface area contributed by atoms with Gasteiger partial charge in [0, 0.05) is 12.6 Å². The number of halogens is 3. The summed E-state index contributed by atoms with van der Waals surface area (Å²) < 4.78 is 37.6. The average Bonchev–Trinajstić information content (AvgIpc) is 2.15. The molecule has 0 amide bonds. The molecule has 0 aromatic carbocycles. The molecule has 0 saturated carbocycles. The van der Waals surface area contributed by atoms with Gasteiger partial charge in [-0.15, -0.1) is 0 Å². The van der Waals surface area contributed by atoms with E-state index in [0.29, 0.717) is 6.07 Å². The second-order valence-corrected chi connectivity index (χ2v) is 2.60. The fraction of sp³-hybridized carbons (Fsp3) is 0.286. The molecule has 1 aromatic heterocycles. The molecule has 0 saturated heterocycles. The molecular weight excluding hydrogens is 215 g/mol. The van der Waals surface area contributed by atoms with Gasteiger partial charge >= 0.3 is 11.8 Å². The van der Waals surface area contributed by atoms with Crippen molar-refractivity contribution in [3.8, 4) is 0 Å². The molecule has 1 heterocycles. The molecule has 82 valence electrons. The van der Waals surface area contributed by atoms with Crippen molar-refractivity contribution in [3.63, 3.8) is 0 Å².